The number of amides is 4. The van der Waals surface area contributed by atoms with Crippen LogP contribution in [-0.4, -0.2) is 87.9 Å². The largest absolute Gasteiger partial charge is 0.481 e. The lowest BCUT2D eigenvalue weighted by atomic mass is 10.1. The molecule has 0 spiro atoms. The average Bonchev–Trinajstić information content (AvgIpc) is 3.41. The maximum absolute atomic E-state index is 12.9. The molecule has 0 aliphatic carbocycles. The van der Waals surface area contributed by atoms with Crippen molar-refractivity contribution in [2.75, 3.05) is 13.1 Å². The quantitative estimate of drug-likeness (QED) is 0.195. The summed E-state index contributed by atoms with van der Waals surface area (Å²) in [6.45, 7) is 1.11. The number of carboxylic acids is 2. The average molecular weight is 455 g/mol. The van der Waals surface area contributed by atoms with Crippen LogP contribution in [0.3, 0.4) is 0 Å². The van der Waals surface area contributed by atoms with Crippen molar-refractivity contribution in [2.24, 2.45) is 5.73 Å². The maximum atomic E-state index is 12.9. The zero-order chi connectivity index (χ0) is 23.8. The van der Waals surface area contributed by atoms with Crippen LogP contribution in [0.25, 0.3) is 0 Å². The smallest absolute Gasteiger partial charge is 0.326 e. The van der Waals surface area contributed by atoms with Gasteiger partial charge in [0, 0.05) is 13.0 Å². The molecule has 0 bridgehead atoms. The van der Waals surface area contributed by atoms with Gasteiger partial charge in [0.25, 0.3) is 0 Å². The molecule has 13 nitrogen and oxygen atoms in total. The van der Waals surface area contributed by atoms with Gasteiger partial charge in [-0.3, -0.25) is 24.0 Å². The molecule has 178 valence electrons. The van der Waals surface area contributed by atoms with Gasteiger partial charge in [-0.2, -0.15) is 0 Å². The highest BCUT2D eigenvalue weighted by Crippen LogP contribution is 2.21. The highest BCUT2D eigenvalue weighted by Gasteiger charge is 2.39. The minimum Gasteiger partial charge on any atom is -0.481 e. The van der Waals surface area contributed by atoms with Crippen molar-refractivity contribution in [3.63, 3.8) is 0 Å². The third-order valence-corrected chi connectivity index (χ3v) is 5.50. The molecule has 0 saturated carbocycles. The molecule has 2 heterocycles. The predicted molar refractivity (Wildman–Crippen MR) is 108 cm³/mol. The van der Waals surface area contributed by atoms with Gasteiger partial charge < -0.3 is 36.8 Å². The van der Waals surface area contributed by atoms with Crippen molar-refractivity contribution in [1.82, 2.24) is 20.9 Å². The van der Waals surface area contributed by atoms with Crippen molar-refractivity contribution < 1.29 is 39.0 Å². The molecule has 2 aliphatic rings. The van der Waals surface area contributed by atoms with E-state index in [4.69, 9.17) is 10.8 Å². The molecule has 0 aromatic rings. The second kappa shape index (κ2) is 11.4. The van der Waals surface area contributed by atoms with E-state index in [1.54, 1.807) is 0 Å². The molecule has 32 heavy (non-hydrogen) atoms. The predicted octanol–water partition coefficient (Wildman–Crippen LogP) is -2.48. The molecular weight excluding hydrogens is 426 g/mol. The number of rotatable bonds is 11. The first-order valence-electron chi connectivity index (χ1n) is 10.5. The number of nitrogens with one attached hydrogen (secondary N) is 3. The normalized spacial score (nSPS) is 22.1. The molecule has 2 saturated heterocycles. The van der Waals surface area contributed by atoms with E-state index in [1.165, 1.54) is 4.90 Å². The number of carbonyl (C=O) groups excluding carboxylic acids is 4. The molecule has 0 aromatic carbocycles. The Labute approximate surface area is 184 Å². The summed E-state index contributed by atoms with van der Waals surface area (Å²) in [4.78, 5) is 73.0. The molecule has 2 aliphatic heterocycles. The SMILES string of the molecule is NC(=O)CC(NC(=O)C(CCC(=O)O)NC(=O)C1CCCN1C(=O)C1CCCN1)C(=O)O. The zero-order valence-corrected chi connectivity index (χ0v) is 17.5. The van der Waals surface area contributed by atoms with Gasteiger partial charge in [0.2, 0.25) is 23.6 Å². The number of likely N-dealkylation sites (tertiary alicyclic amines) is 1. The van der Waals surface area contributed by atoms with E-state index in [-0.39, 0.29) is 18.4 Å². The Morgan fingerprint density at radius 3 is 2.31 bits per heavy atom. The number of primary amides is 1. The molecule has 4 unspecified atom stereocenters. The third-order valence-electron chi connectivity index (χ3n) is 5.50. The van der Waals surface area contributed by atoms with Crippen LogP contribution in [0.4, 0.5) is 0 Å². The second-order valence-electron chi connectivity index (χ2n) is 7.90. The minimum absolute atomic E-state index is 0.195. The number of hydrogen-bond donors (Lipinski definition) is 6. The lowest BCUT2D eigenvalue weighted by Crippen LogP contribution is -2.56. The van der Waals surface area contributed by atoms with E-state index in [9.17, 15) is 33.9 Å². The highest BCUT2D eigenvalue weighted by atomic mass is 16.4. The van der Waals surface area contributed by atoms with E-state index < -0.39 is 60.6 Å². The lowest BCUT2D eigenvalue weighted by molar-refractivity contribution is -0.144. The van der Waals surface area contributed by atoms with Crippen molar-refractivity contribution in [3.05, 3.63) is 0 Å². The van der Waals surface area contributed by atoms with Crippen LogP contribution in [-0.2, 0) is 28.8 Å². The number of nitrogens with zero attached hydrogens (tertiary/aromatic N) is 1. The monoisotopic (exact) mass is 455 g/mol. The van der Waals surface area contributed by atoms with Gasteiger partial charge in [-0.25, -0.2) is 4.79 Å². The van der Waals surface area contributed by atoms with Crippen LogP contribution in [0.2, 0.25) is 0 Å². The van der Waals surface area contributed by atoms with Crippen LogP contribution in [0.15, 0.2) is 0 Å². The summed E-state index contributed by atoms with van der Waals surface area (Å²) in [5.74, 6) is -5.45. The molecule has 7 N–H and O–H groups in total. The molecule has 2 fully saturated rings. The molecule has 4 atom stereocenters. The van der Waals surface area contributed by atoms with Crippen LogP contribution in [0.5, 0.6) is 0 Å². The molecule has 0 aromatic heterocycles. The first-order valence-corrected chi connectivity index (χ1v) is 10.5. The van der Waals surface area contributed by atoms with E-state index >= 15 is 0 Å². The molecule has 0 radical (unpaired) electrons. The Morgan fingerprint density at radius 2 is 1.75 bits per heavy atom. The van der Waals surface area contributed by atoms with Crippen LogP contribution in [0, 0.1) is 0 Å². The van der Waals surface area contributed by atoms with Gasteiger partial charge in [-0.15, -0.1) is 0 Å². The first kappa shape index (κ1) is 25.0. The fourth-order valence-electron chi connectivity index (χ4n) is 3.88. The summed E-state index contributed by atoms with van der Waals surface area (Å²) >= 11 is 0. The zero-order valence-electron chi connectivity index (χ0n) is 17.5. The summed E-state index contributed by atoms with van der Waals surface area (Å²) in [7, 11) is 0. The van der Waals surface area contributed by atoms with Gasteiger partial charge >= 0.3 is 11.9 Å². The van der Waals surface area contributed by atoms with Crippen LogP contribution >= 0.6 is 0 Å². The summed E-state index contributed by atoms with van der Waals surface area (Å²) in [5, 5.41) is 25.8. The van der Waals surface area contributed by atoms with Gasteiger partial charge in [0.15, 0.2) is 0 Å². The van der Waals surface area contributed by atoms with E-state index in [0.29, 0.717) is 32.4 Å². The van der Waals surface area contributed by atoms with E-state index in [2.05, 4.69) is 16.0 Å². The Balaban J connectivity index is 2.08. The molecule has 2 rings (SSSR count). The number of hydrogen-bond acceptors (Lipinski definition) is 7. The van der Waals surface area contributed by atoms with Crippen LogP contribution < -0.4 is 21.7 Å². The van der Waals surface area contributed by atoms with Gasteiger partial charge in [-0.1, -0.05) is 0 Å². The Bertz CT molecular complexity index is 767. The van der Waals surface area contributed by atoms with Gasteiger partial charge in [0.1, 0.15) is 18.1 Å². The topological polar surface area (TPSA) is 208 Å². The Hall–Kier alpha value is -3.22. The summed E-state index contributed by atoms with van der Waals surface area (Å²) < 4.78 is 0. The second-order valence-corrected chi connectivity index (χ2v) is 7.90. The van der Waals surface area contributed by atoms with Gasteiger partial charge in [0.05, 0.1) is 12.5 Å². The summed E-state index contributed by atoms with van der Waals surface area (Å²) in [6, 6.07) is -4.16. The van der Waals surface area contributed by atoms with Crippen LogP contribution in [0.1, 0.15) is 44.9 Å². The minimum atomic E-state index is -1.62. The van der Waals surface area contributed by atoms with Crippen molar-refractivity contribution in [1.29, 1.82) is 0 Å². The fourth-order valence-corrected chi connectivity index (χ4v) is 3.88. The molecular formula is C19H29N5O8. The highest BCUT2D eigenvalue weighted by molar-refractivity contribution is 5.95. The van der Waals surface area contributed by atoms with E-state index in [0.717, 1.165) is 6.42 Å². The number of aliphatic carboxylic acids is 2. The summed E-state index contributed by atoms with van der Waals surface area (Å²) in [5.41, 5.74) is 5.00. The fraction of sp³-hybridized carbons (Fsp3) is 0.684. The van der Waals surface area contributed by atoms with Crippen molar-refractivity contribution >= 4 is 35.6 Å². The van der Waals surface area contributed by atoms with Crippen molar-refractivity contribution in [2.45, 2.75) is 69.1 Å². The van der Waals surface area contributed by atoms with Gasteiger partial charge in [-0.05, 0) is 38.6 Å². The third kappa shape index (κ3) is 6.90. The van der Waals surface area contributed by atoms with E-state index in [1.807, 2.05) is 0 Å². The maximum Gasteiger partial charge on any atom is 0.326 e. The number of carbonyl (C=O) groups is 6. The number of carboxylic acid groups (broad SMARTS) is 2. The first-order chi connectivity index (χ1) is 15.1. The van der Waals surface area contributed by atoms with Crippen molar-refractivity contribution in [3.8, 4) is 0 Å². The molecule has 13 heteroatoms. The summed E-state index contributed by atoms with van der Waals surface area (Å²) in [6.07, 6.45) is 1.07. The standard InChI is InChI=1S/C19H29N5O8/c20-14(25)9-12(19(31)32)23-16(28)10(5-6-15(26)27)22-17(29)13-4-2-8-24(13)18(30)11-3-1-7-21-11/h10-13,21H,1-9H2,(H2,20,25)(H,22,29)(H,23,28)(H,26,27)(H,31,32). The Morgan fingerprint density at radius 1 is 1.03 bits per heavy atom. The lowest BCUT2D eigenvalue weighted by Gasteiger charge is -2.28. The Kier molecular flexibility index (Phi) is 8.93. The number of nitrogens with two attached hydrogens (primary N) is 1. The molecule has 4 amide bonds.